The monoisotopic (exact) mass is 311 g/mol. The molecule has 0 aliphatic carbocycles. The molecule has 6 nitrogen and oxygen atoms in total. The molecule has 0 saturated carbocycles. The van der Waals surface area contributed by atoms with E-state index in [9.17, 15) is 4.79 Å². The van der Waals surface area contributed by atoms with Crippen LogP contribution in [-0.4, -0.2) is 49.4 Å². The first kappa shape index (κ1) is 17.3. The van der Waals surface area contributed by atoms with E-state index in [0.717, 1.165) is 5.82 Å². The smallest absolute Gasteiger partial charge is 0.339 e. The number of nitrogens with zero attached hydrogens (tertiary/aromatic N) is 2. The maximum atomic E-state index is 11.6. The Hall–Kier alpha value is -1.73. The third-order valence-corrected chi connectivity index (χ3v) is 2.98. The van der Waals surface area contributed by atoms with E-state index < -0.39 is 0 Å². The number of esters is 1. The van der Waals surface area contributed by atoms with Crippen molar-refractivity contribution in [2.45, 2.75) is 13.3 Å². The molecule has 21 heavy (non-hydrogen) atoms. The Bertz CT molecular complexity index is 465. The third-order valence-electron chi connectivity index (χ3n) is 2.78. The zero-order valence-electron chi connectivity index (χ0n) is 12.4. The van der Waals surface area contributed by atoms with Crippen LogP contribution < -0.4 is 10.6 Å². The topological polar surface area (TPSA) is 77.7 Å². The second-order valence-corrected chi connectivity index (χ2v) is 4.85. The van der Waals surface area contributed by atoms with Gasteiger partial charge < -0.3 is 20.1 Å². The van der Waals surface area contributed by atoms with Crippen LogP contribution in [0, 0.1) is 0 Å². The Morgan fingerprint density at radius 2 is 2.19 bits per heavy atom. The van der Waals surface area contributed by atoms with Gasteiger partial charge >= 0.3 is 5.97 Å². The summed E-state index contributed by atoms with van der Waals surface area (Å²) in [6, 6.07) is 3.47. The fourth-order valence-electron chi connectivity index (χ4n) is 1.70. The summed E-state index contributed by atoms with van der Waals surface area (Å²) in [5, 5.41) is 0. The Morgan fingerprint density at radius 3 is 2.71 bits per heavy atom. The van der Waals surface area contributed by atoms with E-state index in [1.807, 2.05) is 4.90 Å². The second kappa shape index (κ2) is 9.25. The van der Waals surface area contributed by atoms with Crippen molar-refractivity contribution < 1.29 is 14.3 Å². The predicted octanol–water partition coefficient (Wildman–Crippen LogP) is 1.39. The van der Waals surface area contributed by atoms with Crippen molar-refractivity contribution in [3.05, 3.63) is 23.9 Å². The SMILES string of the molecule is CCOC(=O)c1ccc(N(CCOC)CCC(N)=S)nc1. The summed E-state index contributed by atoms with van der Waals surface area (Å²) in [5.74, 6) is 0.375. The molecule has 0 bridgehead atoms. The lowest BCUT2D eigenvalue weighted by Gasteiger charge is -2.23. The van der Waals surface area contributed by atoms with Crippen molar-refractivity contribution in [3.63, 3.8) is 0 Å². The van der Waals surface area contributed by atoms with E-state index in [1.54, 1.807) is 26.2 Å². The van der Waals surface area contributed by atoms with Gasteiger partial charge in [0, 0.05) is 32.8 Å². The lowest BCUT2D eigenvalue weighted by atomic mass is 10.2. The Morgan fingerprint density at radius 1 is 1.43 bits per heavy atom. The fourth-order valence-corrected chi connectivity index (χ4v) is 1.79. The third kappa shape index (κ3) is 6.05. The van der Waals surface area contributed by atoms with E-state index >= 15 is 0 Å². The second-order valence-electron chi connectivity index (χ2n) is 4.32. The van der Waals surface area contributed by atoms with Crippen molar-refractivity contribution in [2.24, 2.45) is 5.73 Å². The summed E-state index contributed by atoms with van der Waals surface area (Å²) in [6.07, 6.45) is 2.11. The van der Waals surface area contributed by atoms with Gasteiger partial charge in [-0.15, -0.1) is 0 Å². The highest BCUT2D eigenvalue weighted by Gasteiger charge is 2.11. The molecule has 1 aromatic heterocycles. The van der Waals surface area contributed by atoms with Gasteiger partial charge in [0.05, 0.1) is 23.8 Å². The van der Waals surface area contributed by atoms with Crippen LogP contribution in [-0.2, 0) is 9.47 Å². The van der Waals surface area contributed by atoms with Gasteiger partial charge in [-0.25, -0.2) is 9.78 Å². The molecule has 0 aliphatic heterocycles. The minimum Gasteiger partial charge on any atom is -0.462 e. The zero-order valence-corrected chi connectivity index (χ0v) is 13.2. The summed E-state index contributed by atoms with van der Waals surface area (Å²) >= 11 is 4.90. The van der Waals surface area contributed by atoms with E-state index in [4.69, 9.17) is 27.4 Å². The number of thiocarbonyl (C=S) groups is 1. The van der Waals surface area contributed by atoms with Crippen LogP contribution in [0.4, 0.5) is 5.82 Å². The van der Waals surface area contributed by atoms with Crippen molar-refractivity contribution in [1.29, 1.82) is 0 Å². The summed E-state index contributed by atoms with van der Waals surface area (Å²) in [7, 11) is 1.64. The van der Waals surface area contributed by atoms with Crippen molar-refractivity contribution >= 4 is 29.0 Å². The van der Waals surface area contributed by atoms with Crippen LogP contribution >= 0.6 is 12.2 Å². The first-order valence-corrected chi connectivity index (χ1v) is 7.14. The molecule has 0 spiro atoms. The zero-order chi connectivity index (χ0) is 15.7. The van der Waals surface area contributed by atoms with Gasteiger partial charge in [-0.1, -0.05) is 12.2 Å². The van der Waals surface area contributed by atoms with Gasteiger partial charge in [-0.2, -0.15) is 0 Å². The average Bonchev–Trinajstić information content (AvgIpc) is 2.47. The van der Waals surface area contributed by atoms with E-state index in [2.05, 4.69) is 4.98 Å². The van der Waals surface area contributed by atoms with E-state index in [-0.39, 0.29) is 5.97 Å². The number of pyridine rings is 1. The number of carbonyl (C=O) groups is 1. The highest BCUT2D eigenvalue weighted by atomic mass is 32.1. The molecule has 0 aliphatic rings. The molecule has 0 aromatic carbocycles. The lowest BCUT2D eigenvalue weighted by molar-refractivity contribution is 0.0526. The number of methoxy groups -OCH3 is 1. The summed E-state index contributed by atoms with van der Waals surface area (Å²) in [4.78, 5) is 18.4. The number of hydrogen-bond donors (Lipinski definition) is 1. The van der Waals surface area contributed by atoms with Crippen LogP contribution in [0.1, 0.15) is 23.7 Å². The molecule has 1 aromatic rings. The summed E-state index contributed by atoms with van der Waals surface area (Å²) < 4.78 is 10.0. The molecule has 0 atom stereocenters. The van der Waals surface area contributed by atoms with E-state index in [0.29, 0.717) is 43.3 Å². The summed E-state index contributed by atoms with van der Waals surface area (Å²) in [5.41, 5.74) is 5.97. The minimum atomic E-state index is -0.372. The van der Waals surface area contributed by atoms with Gasteiger partial charge in [0.1, 0.15) is 5.82 Å². The Kier molecular flexibility index (Phi) is 7.63. The van der Waals surface area contributed by atoms with Crippen molar-refractivity contribution in [2.75, 3.05) is 38.3 Å². The molecule has 0 amide bonds. The molecule has 0 unspecified atom stereocenters. The first-order chi connectivity index (χ1) is 10.1. The molecule has 116 valence electrons. The minimum absolute atomic E-state index is 0.342. The molecule has 1 rings (SSSR count). The number of ether oxygens (including phenoxy) is 2. The van der Waals surface area contributed by atoms with Crippen LogP contribution in [0.25, 0.3) is 0 Å². The van der Waals surface area contributed by atoms with Gasteiger partial charge in [-0.3, -0.25) is 0 Å². The van der Waals surface area contributed by atoms with Crippen LogP contribution in [0.15, 0.2) is 18.3 Å². The highest BCUT2D eigenvalue weighted by molar-refractivity contribution is 7.80. The number of hydrogen-bond acceptors (Lipinski definition) is 6. The van der Waals surface area contributed by atoms with Gasteiger partial charge in [0.15, 0.2) is 0 Å². The van der Waals surface area contributed by atoms with Crippen LogP contribution in [0.2, 0.25) is 0 Å². The van der Waals surface area contributed by atoms with Crippen molar-refractivity contribution in [1.82, 2.24) is 4.98 Å². The normalized spacial score (nSPS) is 10.2. The quantitative estimate of drug-likeness (QED) is 0.545. The molecule has 7 heteroatoms. The van der Waals surface area contributed by atoms with Crippen LogP contribution in [0.5, 0.6) is 0 Å². The van der Waals surface area contributed by atoms with Gasteiger partial charge in [0.25, 0.3) is 0 Å². The number of carbonyl (C=O) groups excluding carboxylic acids is 1. The Labute approximate surface area is 130 Å². The fraction of sp³-hybridized carbons (Fsp3) is 0.500. The molecular weight excluding hydrogens is 290 g/mol. The number of rotatable bonds is 9. The van der Waals surface area contributed by atoms with Gasteiger partial charge in [0.2, 0.25) is 0 Å². The molecule has 1 heterocycles. The van der Waals surface area contributed by atoms with Crippen LogP contribution in [0.3, 0.4) is 0 Å². The molecule has 0 fully saturated rings. The summed E-state index contributed by atoms with van der Waals surface area (Å²) in [6.45, 7) is 4.00. The van der Waals surface area contributed by atoms with E-state index in [1.165, 1.54) is 6.20 Å². The number of nitrogens with two attached hydrogens (primary N) is 1. The molecule has 0 radical (unpaired) electrons. The largest absolute Gasteiger partial charge is 0.462 e. The lowest BCUT2D eigenvalue weighted by Crippen LogP contribution is -2.31. The maximum Gasteiger partial charge on any atom is 0.339 e. The average molecular weight is 311 g/mol. The molecular formula is C14H21N3O3S. The Balaban J connectivity index is 2.76. The number of aromatic nitrogens is 1. The van der Waals surface area contributed by atoms with Crippen molar-refractivity contribution in [3.8, 4) is 0 Å². The van der Waals surface area contributed by atoms with Gasteiger partial charge in [-0.05, 0) is 19.1 Å². The standard InChI is InChI=1S/C14H21N3O3S/c1-3-20-14(18)11-4-5-13(16-10-11)17(8-9-19-2)7-6-12(15)21/h4-5,10H,3,6-9H2,1-2H3,(H2,15,21). The molecule has 2 N–H and O–H groups in total. The predicted molar refractivity (Wildman–Crippen MR) is 85.7 cm³/mol. The molecule has 0 saturated heterocycles. The number of anilines is 1. The highest BCUT2D eigenvalue weighted by Crippen LogP contribution is 2.12. The maximum absolute atomic E-state index is 11.6. The first-order valence-electron chi connectivity index (χ1n) is 6.73.